The van der Waals surface area contributed by atoms with Crippen LogP contribution in [0.25, 0.3) is 0 Å². The predicted octanol–water partition coefficient (Wildman–Crippen LogP) is 2.97. The van der Waals surface area contributed by atoms with Gasteiger partial charge in [-0.1, -0.05) is 55.5 Å². The lowest BCUT2D eigenvalue weighted by Crippen LogP contribution is -2.43. The number of nitrogens with zero attached hydrogens (tertiary/aromatic N) is 1. The third-order valence-electron chi connectivity index (χ3n) is 3.53. The third kappa shape index (κ3) is 3.26. The smallest absolute Gasteiger partial charge is 0.243 e. The number of carbonyl (C=O) groups excluding carboxylic acids is 1. The van der Waals surface area contributed by atoms with Gasteiger partial charge in [-0.25, -0.2) is 8.42 Å². The molecule has 1 unspecified atom stereocenters. The molecule has 2 aromatic rings. The van der Waals surface area contributed by atoms with Crippen LogP contribution in [0.3, 0.4) is 0 Å². The second-order valence-electron chi connectivity index (χ2n) is 4.93. The van der Waals surface area contributed by atoms with E-state index in [1.165, 1.54) is 16.4 Å². The summed E-state index contributed by atoms with van der Waals surface area (Å²) in [7, 11) is -3.69. The number of rotatable bonds is 6. The van der Waals surface area contributed by atoms with Gasteiger partial charge in [0.15, 0.2) is 5.78 Å². The van der Waals surface area contributed by atoms with Crippen molar-refractivity contribution in [2.75, 3.05) is 6.54 Å². The van der Waals surface area contributed by atoms with Gasteiger partial charge in [-0.05, 0) is 19.1 Å². The first-order valence-corrected chi connectivity index (χ1v) is 8.58. The lowest BCUT2D eigenvalue weighted by atomic mass is 10.1. The monoisotopic (exact) mass is 317 g/mol. The van der Waals surface area contributed by atoms with Crippen LogP contribution in [-0.4, -0.2) is 31.1 Å². The van der Waals surface area contributed by atoms with Gasteiger partial charge in [0.05, 0.1) is 10.9 Å². The molecule has 2 rings (SSSR count). The summed E-state index contributed by atoms with van der Waals surface area (Å²) in [4.78, 5) is 12.7. The second kappa shape index (κ2) is 6.85. The highest BCUT2D eigenvalue weighted by Gasteiger charge is 2.31. The van der Waals surface area contributed by atoms with Crippen molar-refractivity contribution in [2.45, 2.75) is 24.8 Å². The van der Waals surface area contributed by atoms with Crippen LogP contribution in [0.2, 0.25) is 0 Å². The molecule has 0 aliphatic carbocycles. The Labute approximate surface area is 131 Å². The van der Waals surface area contributed by atoms with Gasteiger partial charge in [0, 0.05) is 12.1 Å². The van der Waals surface area contributed by atoms with Crippen molar-refractivity contribution in [2.24, 2.45) is 0 Å². The van der Waals surface area contributed by atoms with E-state index in [9.17, 15) is 13.2 Å². The van der Waals surface area contributed by atoms with Crippen LogP contribution in [0.1, 0.15) is 24.2 Å². The minimum absolute atomic E-state index is 0.199. The summed E-state index contributed by atoms with van der Waals surface area (Å²) in [6, 6.07) is 16.2. The quantitative estimate of drug-likeness (QED) is 0.770. The maximum atomic E-state index is 12.7. The van der Waals surface area contributed by atoms with Gasteiger partial charge in [-0.3, -0.25) is 4.79 Å². The van der Waals surface area contributed by atoms with E-state index in [1.807, 2.05) is 6.07 Å². The highest BCUT2D eigenvalue weighted by Crippen LogP contribution is 2.19. The van der Waals surface area contributed by atoms with Gasteiger partial charge in [0.1, 0.15) is 0 Å². The van der Waals surface area contributed by atoms with E-state index in [4.69, 9.17) is 0 Å². The molecule has 22 heavy (non-hydrogen) atoms. The predicted molar refractivity (Wildman–Crippen MR) is 86.2 cm³/mol. The van der Waals surface area contributed by atoms with Crippen LogP contribution in [-0.2, 0) is 10.0 Å². The summed E-state index contributed by atoms with van der Waals surface area (Å²) < 4.78 is 26.7. The Morgan fingerprint density at radius 3 is 2.00 bits per heavy atom. The van der Waals surface area contributed by atoms with Crippen LogP contribution < -0.4 is 0 Å². The maximum absolute atomic E-state index is 12.7. The van der Waals surface area contributed by atoms with E-state index < -0.39 is 16.1 Å². The Hall–Kier alpha value is -1.98. The number of hydrogen-bond acceptors (Lipinski definition) is 3. The van der Waals surface area contributed by atoms with Crippen molar-refractivity contribution in [3.63, 3.8) is 0 Å². The van der Waals surface area contributed by atoms with Crippen molar-refractivity contribution in [3.05, 3.63) is 66.2 Å². The lowest BCUT2D eigenvalue weighted by Gasteiger charge is -2.26. The average molecular weight is 317 g/mol. The Balaban J connectivity index is 2.34. The zero-order valence-corrected chi connectivity index (χ0v) is 13.5. The normalized spacial score (nSPS) is 13.0. The molecule has 0 aromatic heterocycles. The number of Topliss-reactive ketones (excluding diaryl/α,β-unsaturated/α-hetero) is 1. The van der Waals surface area contributed by atoms with E-state index >= 15 is 0 Å². The summed E-state index contributed by atoms with van der Waals surface area (Å²) in [5.41, 5.74) is 0.511. The molecule has 0 saturated heterocycles. The minimum atomic E-state index is -3.69. The molecule has 116 valence electrons. The third-order valence-corrected chi connectivity index (χ3v) is 5.59. The Kier molecular flexibility index (Phi) is 5.11. The number of ketones is 1. The topological polar surface area (TPSA) is 54.5 Å². The lowest BCUT2D eigenvalue weighted by molar-refractivity contribution is 0.0910. The van der Waals surface area contributed by atoms with Gasteiger partial charge in [-0.2, -0.15) is 4.31 Å². The summed E-state index contributed by atoms with van der Waals surface area (Å²) in [6.07, 6.45) is 0. The van der Waals surface area contributed by atoms with Gasteiger partial charge in [-0.15, -0.1) is 0 Å². The first-order chi connectivity index (χ1) is 10.5. The summed E-state index contributed by atoms with van der Waals surface area (Å²) in [5, 5.41) is 0. The Bertz CT molecular complexity index is 727. The van der Waals surface area contributed by atoms with E-state index in [0.29, 0.717) is 5.56 Å². The van der Waals surface area contributed by atoms with Crippen LogP contribution >= 0.6 is 0 Å². The van der Waals surface area contributed by atoms with E-state index in [0.717, 1.165) is 0 Å². The molecular formula is C17H19NO3S. The first kappa shape index (κ1) is 16.4. The first-order valence-electron chi connectivity index (χ1n) is 7.14. The fourth-order valence-corrected chi connectivity index (χ4v) is 3.98. The number of hydrogen-bond donors (Lipinski definition) is 0. The van der Waals surface area contributed by atoms with Crippen LogP contribution in [0.4, 0.5) is 0 Å². The molecule has 0 fully saturated rings. The molecule has 0 radical (unpaired) electrons. The van der Waals surface area contributed by atoms with Crippen molar-refractivity contribution >= 4 is 15.8 Å². The van der Waals surface area contributed by atoms with Crippen molar-refractivity contribution in [3.8, 4) is 0 Å². The van der Waals surface area contributed by atoms with E-state index in [-0.39, 0.29) is 17.2 Å². The van der Waals surface area contributed by atoms with Gasteiger partial charge in [0.2, 0.25) is 10.0 Å². The zero-order valence-electron chi connectivity index (χ0n) is 12.6. The fraction of sp³-hybridized carbons (Fsp3) is 0.235. The Morgan fingerprint density at radius 2 is 1.50 bits per heavy atom. The van der Waals surface area contributed by atoms with Gasteiger partial charge < -0.3 is 0 Å². The molecule has 0 N–H and O–H groups in total. The Morgan fingerprint density at radius 1 is 1.00 bits per heavy atom. The van der Waals surface area contributed by atoms with Crippen molar-refractivity contribution in [1.29, 1.82) is 0 Å². The van der Waals surface area contributed by atoms with Crippen molar-refractivity contribution in [1.82, 2.24) is 4.31 Å². The van der Waals surface area contributed by atoms with Gasteiger partial charge in [0.25, 0.3) is 0 Å². The molecule has 0 spiro atoms. The second-order valence-corrected chi connectivity index (χ2v) is 6.82. The average Bonchev–Trinajstić information content (AvgIpc) is 2.56. The molecule has 0 bridgehead atoms. The number of carbonyl (C=O) groups is 1. The molecule has 4 nitrogen and oxygen atoms in total. The molecule has 0 aliphatic rings. The number of sulfonamides is 1. The van der Waals surface area contributed by atoms with Crippen LogP contribution in [0, 0.1) is 0 Å². The SMILES string of the molecule is CCN(C(C)C(=O)c1ccccc1)S(=O)(=O)c1ccccc1. The molecule has 5 heteroatoms. The molecule has 0 saturated carbocycles. The molecule has 0 heterocycles. The van der Waals surface area contributed by atoms with E-state index in [1.54, 1.807) is 56.3 Å². The maximum Gasteiger partial charge on any atom is 0.243 e. The van der Waals surface area contributed by atoms with Gasteiger partial charge >= 0.3 is 0 Å². The molecule has 0 aliphatic heterocycles. The zero-order chi connectivity index (χ0) is 16.2. The molecule has 1 atom stereocenters. The van der Waals surface area contributed by atoms with Crippen LogP contribution in [0.5, 0.6) is 0 Å². The molecular weight excluding hydrogens is 298 g/mol. The summed E-state index contributed by atoms with van der Waals surface area (Å²) in [5.74, 6) is -0.207. The van der Waals surface area contributed by atoms with Crippen LogP contribution in [0.15, 0.2) is 65.6 Å². The fourth-order valence-electron chi connectivity index (χ4n) is 2.35. The summed E-state index contributed by atoms with van der Waals surface area (Å²) in [6.45, 7) is 3.59. The highest BCUT2D eigenvalue weighted by atomic mass is 32.2. The summed E-state index contributed by atoms with van der Waals surface area (Å²) >= 11 is 0. The van der Waals surface area contributed by atoms with Crippen molar-refractivity contribution < 1.29 is 13.2 Å². The standard InChI is InChI=1S/C17H19NO3S/c1-3-18(22(20,21)16-12-8-5-9-13-16)14(2)17(19)15-10-6-4-7-11-15/h4-14H,3H2,1-2H3. The number of benzene rings is 2. The molecule has 2 aromatic carbocycles. The largest absolute Gasteiger partial charge is 0.292 e. The molecule has 0 amide bonds. The van der Waals surface area contributed by atoms with E-state index in [2.05, 4.69) is 0 Å². The highest BCUT2D eigenvalue weighted by molar-refractivity contribution is 7.89. The minimum Gasteiger partial charge on any atom is -0.292 e. The number of likely N-dealkylation sites (N-methyl/N-ethyl adjacent to an activating group) is 1.